The van der Waals surface area contributed by atoms with Crippen molar-refractivity contribution < 1.29 is 4.79 Å². The van der Waals surface area contributed by atoms with Gasteiger partial charge >= 0.3 is 0 Å². The smallest absolute Gasteiger partial charge is 0.255 e. The van der Waals surface area contributed by atoms with Gasteiger partial charge < -0.3 is 11.1 Å². The van der Waals surface area contributed by atoms with Gasteiger partial charge in [0.25, 0.3) is 5.91 Å². The predicted octanol–water partition coefficient (Wildman–Crippen LogP) is 3.11. The minimum atomic E-state index is -0.146. The monoisotopic (exact) mass is 269 g/mol. The molecule has 1 aromatic carbocycles. The Labute approximate surface area is 119 Å². The molecule has 0 aliphatic heterocycles. The number of rotatable bonds is 4. The van der Waals surface area contributed by atoms with Gasteiger partial charge in [-0.1, -0.05) is 26.0 Å². The molecule has 0 saturated carbocycles. The van der Waals surface area contributed by atoms with Crippen molar-refractivity contribution in [3.8, 4) is 0 Å². The number of carbonyl (C=O) groups is 1. The van der Waals surface area contributed by atoms with E-state index < -0.39 is 0 Å². The van der Waals surface area contributed by atoms with Crippen LogP contribution < -0.4 is 11.1 Å². The van der Waals surface area contributed by atoms with Crippen molar-refractivity contribution >= 4 is 17.4 Å². The summed E-state index contributed by atoms with van der Waals surface area (Å²) in [7, 11) is 0. The van der Waals surface area contributed by atoms with Crippen molar-refractivity contribution in [1.82, 2.24) is 4.98 Å². The van der Waals surface area contributed by atoms with Crippen molar-refractivity contribution in [3.05, 3.63) is 53.7 Å². The largest absolute Gasteiger partial charge is 0.384 e. The Hall–Kier alpha value is -2.36. The first-order valence-corrected chi connectivity index (χ1v) is 6.66. The fraction of sp³-hybridized carbons (Fsp3) is 0.250. The SMILES string of the molecule is CC(C)Cc1ccc(C(=O)Nc2ccc(N)nc2)cc1. The maximum atomic E-state index is 12.1. The number of nitrogen functional groups attached to an aromatic ring is 1. The second-order valence-corrected chi connectivity index (χ2v) is 5.22. The van der Waals surface area contributed by atoms with Crippen molar-refractivity contribution in [2.24, 2.45) is 5.92 Å². The van der Waals surface area contributed by atoms with Gasteiger partial charge in [-0.25, -0.2) is 4.98 Å². The average molecular weight is 269 g/mol. The minimum Gasteiger partial charge on any atom is -0.384 e. The Morgan fingerprint density at radius 2 is 1.90 bits per heavy atom. The highest BCUT2D eigenvalue weighted by atomic mass is 16.1. The van der Waals surface area contributed by atoms with Crippen LogP contribution >= 0.6 is 0 Å². The Morgan fingerprint density at radius 1 is 1.20 bits per heavy atom. The summed E-state index contributed by atoms with van der Waals surface area (Å²) < 4.78 is 0. The van der Waals surface area contributed by atoms with Gasteiger partial charge in [0, 0.05) is 5.56 Å². The molecule has 0 fully saturated rings. The molecule has 4 nitrogen and oxygen atoms in total. The number of hydrogen-bond donors (Lipinski definition) is 2. The first-order valence-electron chi connectivity index (χ1n) is 6.66. The van der Waals surface area contributed by atoms with Crippen LogP contribution in [0.3, 0.4) is 0 Å². The molecule has 1 heterocycles. The van der Waals surface area contributed by atoms with Gasteiger partial charge in [-0.15, -0.1) is 0 Å². The lowest BCUT2D eigenvalue weighted by molar-refractivity contribution is 0.102. The summed E-state index contributed by atoms with van der Waals surface area (Å²) in [5, 5.41) is 2.79. The Kier molecular flexibility index (Phi) is 4.35. The number of amides is 1. The molecule has 2 aromatic rings. The minimum absolute atomic E-state index is 0.146. The van der Waals surface area contributed by atoms with Crippen LogP contribution in [0.25, 0.3) is 0 Å². The maximum absolute atomic E-state index is 12.1. The van der Waals surface area contributed by atoms with E-state index >= 15 is 0 Å². The summed E-state index contributed by atoms with van der Waals surface area (Å²) in [5.74, 6) is 0.893. The van der Waals surface area contributed by atoms with Gasteiger partial charge in [0.15, 0.2) is 0 Å². The molecular formula is C16H19N3O. The quantitative estimate of drug-likeness (QED) is 0.896. The topological polar surface area (TPSA) is 68.0 Å². The van der Waals surface area contributed by atoms with Crippen molar-refractivity contribution in [1.29, 1.82) is 0 Å². The van der Waals surface area contributed by atoms with E-state index in [9.17, 15) is 4.79 Å². The highest BCUT2D eigenvalue weighted by Gasteiger charge is 2.06. The lowest BCUT2D eigenvalue weighted by atomic mass is 10.0. The maximum Gasteiger partial charge on any atom is 0.255 e. The number of anilines is 2. The zero-order valence-corrected chi connectivity index (χ0v) is 11.8. The molecule has 0 saturated heterocycles. The normalized spacial score (nSPS) is 10.6. The molecule has 3 N–H and O–H groups in total. The van der Waals surface area contributed by atoms with E-state index in [-0.39, 0.29) is 5.91 Å². The van der Waals surface area contributed by atoms with Crippen LogP contribution in [-0.2, 0) is 6.42 Å². The molecule has 0 aliphatic carbocycles. The third-order valence-corrected chi connectivity index (χ3v) is 2.90. The van der Waals surface area contributed by atoms with Gasteiger partial charge in [-0.3, -0.25) is 4.79 Å². The number of nitrogens with two attached hydrogens (primary N) is 1. The lowest BCUT2D eigenvalue weighted by Crippen LogP contribution is -2.12. The van der Waals surface area contributed by atoms with Crippen LogP contribution in [0.5, 0.6) is 0 Å². The Balaban J connectivity index is 2.03. The predicted molar refractivity (Wildman–Crippen MR) is 81.6 cm³/mol. The molecule has 0 unspecified atom stereocenters. The molecule has 0 radical (unpaired) electrons. The van der Waals surface area contributed by atoms with E-state index in [1.807, 2.05) is 24.3 Å². The van der Waals surface area contributed by atoms with Crippen LogP contribution in [0, 0.1) is 5.92 Å². The van der Waals surface area contributed by atoms with Crippen LogP contribution in [0.4, 0.5) is 11.5 Å². The van der Waals surface area contributed by atoms with Gasteiger partial charge in [0.2, 0.25) is 0 Å². The van der Waals surface area contributed by atoms with Crippen molar-refractivity contribution in [2.45, 2.75) is 20.3 Å². The summed E-state index contributed by atoms with van der Waals surface area (Å²) in [6.45, 7) is 4.35. The third-order valence-electron chi connectivity index (χ3n) is 2.90. The van der Waals surface area contributed by atoms with Crippen LogP contribution in [-0.4, -0.2) is 10.9 Å². The van der Waals surface area contributed by atoms with Crippen molar-refractivity contribution in [3.63, 3.8) is 0 Å². The highest BCUT2D eigenvalue weighted by Crippen LogP contribution is 2.12. The second-order valence-electron chi connectivity index (χ2n) is 5.22. The number of benzene rings is 1. The molecule has 0 atom stereocenters. The zero-order chi connectivity index (χ0) is 14.5. The van der Waals surface area contributed by atoms with Crippen LogP contribution in [0.15, 0.2) is 42.6 Å². The van der Waals surface area contributed by atoms with Gasteiger partial charge in [-0.05, 0) is 42.2 Å². The molecule has 4 heteroatoms. The lowest BCUT2D eigenvalue weighted by Gasteiger charge is -2.07. The van der Waals surface area contributed by atoms with Crippen LogP contribution in [0.1, 0.15) is 29.8 Å². The summed E-state index contributed by atoms with van der Waals surface area (Å²) in [4.78, 5) is 16.0. The number of nitrogens with zero attached hydrogens (tertiary/aromatic N) is 1. The summed E-state index contributed by atoms with van der Waals surface area (Å²) in [6.07, 6.45) is 2.56. The molecule has 2 rings (SSSR count). The van der Waals surface area contributed by atoms with Gasteiger partial charge in [0.05, 0.1) is 11.9 Å². The Bertz CT molecular complexity index is 574. The average Bonchev–Trinajstić information content (AvgIpc) is 2.41. The standard InChI is InChI=1S/C16H19N3O/c1-11(2)9-12-3-5-13(6-4-12)16(20)19-14-7-8-15(17)18-10-14/h3-8,10-11H,9H2,1-2H3,(H2,17,18)(H,19,20). The number of carbonyl (C=O) groups excluding carboxylic acids is 1. The number of nitrogens with one attached hydrogen (secondary N) is 1. The summed E-state index contributed by atoms with van der Waals surface area (Å²) in [5.41, 5.74) is 8.01. The fourth-order valence-electron chi connectivity index (χ4n) is 1.95. The highest BCUT2D eigenvalue weighted by molar-refractivity contribution is 6.04. The van der Waals surface area contributed by atoms with E-state index in [1.165, 1.54) is 5.56 Å². The molecule has 104 valence electrons. The first-order chi connectivity index (χ1) is 9.54. The summed E-state index contributed by atoms with van der Waals surface area (Å²) in [6, 6.07) is 11.1. The molecule has 20 heavy (non-hydrogen) atoms. The Morgan fingerprint density at radius 3 is 2.45 bits per heavy atom. The van der Waals surface area contributed by atoms with Crippen molar-refractivity contribution in [2.75, 3.05) is 11.1 Å². The van der Waals surface area contributed by atoms with E-state index in [0.717, 1.165) is 6.42 Å². The molecule has 0 aliphatic rings. The van der Waals surface area contributed by atoms with Gasteiger partial charge in [-0.2, -0.15) is 0 Å². The second kappa shape index (κ2) is 6.19. The van der Waals surface area contributed by atoms with E-state index in [4.69, 9.17) is 5.73 Å². The number of pyridine rings is 1. The zero-order valence-electron chi connectivity index (χ0n) is 11.8. The first kappa shape index (κ1) is 14.1. The van der Waals surface area contributed by atoms with E-state index in [1.54, 1.807) is 18.3 Å². The molecule has 1 amide bonds. The fourth-order valence-corrected chi connectivity index (χ4v) is 1.95. The molecule has 0 bridgehead atoms. The molecule has 0 spiro atoms. The van der Waals surface area contributed by atoms with E-state index in [0.29, 0.717) is 23.0 Å². The number of hydrogen-bond acceptors (Lipinski definition) is 3. The van der Waals surface area contributed by atoms with Gasteiger partial charge in [0.1, 0.15) is 5.82 Å². The summed E-state index contributed by atoms with van der Waals surface area (Å²) >= 11 is 0. The third kappa shape index (κ3) is 3.82. The van der Waals surface area contributed by atoms with Crippen LogP contribution in [0.2, 0.25) is 0 Å². The molecular weight excluding hydrogens is 250 g/mol. The molecule has 1 aromatic heterocycles. The van der Waals surface area contributed by atoms with E-state index in [2.05, 4.69) is 24.1 Å². The number of aromatic nitrogens is 1.